The van der Waals surface area contributed by atoms with Crippen LogP contribution in [0.25, 0.3) is 32.6 Å². The Morgan fingerprint density at radius 3 is 2.72 bits per heavy atom. The molecule has 0 unspecified atom stereocenters. The maximum Gasteiger partial charge on any atom is 0.250 e. The van der Waals surface area contributed by atoms with Gasteiger partial charge in [0.2, 0.25) is 5.56 Å². The van der Waals surface area contributed by atoms with Crippen molar-refractivity contribution in [3.63, 3.8) is 0 Å². The van der Waals surface area contributed by atoms with Gasteiger partial charge in [0, 0.05) is 28.6 Å². The van der Waals surface area contributed by atoms with Crippen LogP contribution in [-0.4, -0.2) is 9.97 Å². The summed E-state index contributed by atoms with van der Waals surface area (Å²) in [6.07, 6.45) is 1.78. The molecule has 4 aromatic rings. The Morgan fingerprint density at radius 2 is 1.78 bits per heavy atom. The van der Waals surface area contributed by atoms with Crippen LogP contribution in [0.5, 0.6) is 0 Å². The highest BCUT2D eigenvalue weighted by Gasteiger charge is 2.07. The molecule has 0 saturated carbocycles. The number of aromatic amines is 2. The van der Waals surface area contributed by atoms with Gasteiger partial charge in [-0.2, -0.15) is 0 Å². The molecule has 0 aliphatic carbocycles. The molecular weight excluding hydrogens is 224 g/mol. The molecule has 0 aliphatic rings. The Hall–Kier alpha value is -2.55. The smallest absolute Gasteiger partial charge is 0.250 e. The molecule has 0 bridgehead atoms. The molecule has 2 N–H and O–H groups in total. The third-order valence-electron chi connectivity index (χ3n) is 3.39. The van der Waals surface area contributed by atoms with E-state index >= 15 is 0 Å². The molecule has 0 fully saturated rings. The zero-order valence-electron chi connectivity index (χ0n) is 9.53. The summed E-state index contributed by atoms with van der Waals surface area (Å²) >= 11 is 0. The van der Waals surface area contributed by atoms with Gasteiger partial charge >= 0.3 is 0 Å². The number of fused-ring (bicyclic) bond motifs is 5. The molecular formula is C15H10N2O. The highest BCUT2D eigenvalue weighted by Crippen LogP contribution is 2.30. The van der Waals surface area contributed by atoms with Crippen molar-refractivity contribution in [2.24, 2.45) is 0 Å². The summed E-state index contributed by atoms with van der Waals surface area (Å²) in [5.74, 6) is 0. The van der Waals surface area contributed by atoms with Gasteiger partial charge in [-0.3, -0.25) is 4.79 Å². The Bertz CT molecular complexity index is 947. The van der Waals surface area contributed by atoms with Crippen LogP contribution < -0.4 is 5.56 Å². The summed E-state index contributed by atoms with van der Waals surface area (Å²) in [5.41, 5.74) is 1.85. The van der Waals surface area contributed by atoms with Crippen LogP contribution in [0, 0.1) is 0 Å². The molecule has 18 heavy (non-hydrogen) atoms. The van der Waals surface area contributed by atoms with Gasteiger partial charge in [-0.25, -0.2) is 0 Å². The number of aromatic nitrogens is 2. The van der Waals surface area contributed by atoms with Gasteiger partial charge in [0.25, 0.3) is 0 Å². The maximum atomic E-state index is 11.3. The SMILES string of the molecule is O=c1cc2[nH]c3ccc4ccccc4c3c2c[nH]1. The third kappa shape index (κ3) is 1.16. The van der Waals surface area contributed by atoms with Crippen LogP contribution in [-0.2, 0) is 0 Å². The topological polar surface area (TPSA) is 48.6 Å². The van der Waals surface area contributed by atoms with Crippen molar-refractivity contribution in [3.8, 4) is 0 Å². The number of hydrogen-bond acceptors (Lipinski definition) is 1. The number of hydrogen-bond donors (Lipinski definition) is 2. The van der Waals surface area contributed by atoms with E-state index in [4.69, 9.17) is 0 Å². The van der Waals surface area contributed by atoms with Crippen LogP contribution in [0.3, 0.4) is 0 Å². The standard InChI is InChI=1S/C15H10N2O/c18-14-7-13-11(8-16-14)15-10-4-2-1-3-9(10)5-6-12(15)17-13/h1-8,17H,(H,16,18). The molecule has 0 saturated heterocycles. The van der Waals surface area contributed by atoms with Crippen molar-refractivity contribution in [1.29, 1.82) is 0 Å². The van der Waals surface area contributed by atoms with Crippen LogP contribution in [0.2, 0.25) is 0 Å². The lowest BCUT2D eigenvalue weighted by molar-refractivity contribution is 1.26. The minimum absolute atomic E-state index is 0.0849. The Balaban J connectivity index is 2.36. The van der Waals surface area contributed by atoms with E-state index < -0.39 is 0 Å². The van der Waals surface area contributed by atoms with Gasteiger partial charge in [-0.05, 0) is 16.8 Å². The predicted molar refractivity (Wildman–Crippen MR) is 73.9 cm³/mol. The summed E-state index contributed by atoms with van der Waals surface area (Å²) in [5, 5.41) is 4.63. The first-order valence-electron chi connectivity index (χ1n) is 5.85. The summed E-state index contributed by atoms with van der Waals surface area (Å²) < 4.78 is 0. The van der Waals surface area contributed by atoms with Crippen molar-refractivity contribution < 1.29 is 0 Å². The zero-order valence-corrected chi connectivity index (χ0v) is 9.53. The van der Waals surface area contributed by atoms with Crippen LogP contribution >= 0.6 is 0 Å². The molecule has 2 heterocycles. The maximum absolute atomic E-state index is 11.3. The van der Waals surface area contributed by atoms with Gasteiger partial charge in [0.1, 0.15) is 0 Å². The van der Waals surface area contributed by atoms with E-state index in [0.717, 1.165) is 16.4 Å². The number of nitrogens with one attached hydrogen (secondary N) is 2. The number of H-pyrrole nitrogens is 2. The molecule has 2 aromatic carbocycles. The lowest BCUT2D eigenvalue weighted by Gasteiger charge is -1.99. The molecule has 0 amide bonds. The van der Waals surface area contributed by atoms with Crippen LogP contribution in [0.1, 0.15) is 0 Å². The average Bonchev–Trinajstić information content (AvgIpc) is 2.76. The average molecular weight is 234 g/mol. The van der Waals surface area contributed by atoms with E-state index in [1.807, 2.05) is 12.1 Å². The Labute approximate surface area is 102 Å². The lowest BCUT2D eigenvalue weighted by atomic mass is 10.0. The highest BCUT2D eigenvalue weighted by atomic mass is 16.1. The molecule has 0 radical (unpaired) electrons. The first-order valence-corrected chi connectivity index (χ1v) is 5.85. The second-order valence-corrected chi connectivity index (χ2v) is 4.46. The molecule has 2 aromatic heterocycles. The van der Waals surface area contributed by atoms with E-state index in [-0.39, 0.29) is 5.56 Å². The number of rotatable bonds is 0. The van der Waals surface area contributed by atoms with Crippen molar-refractivity contribution in [1.82, 2.24) is 9.97 Å². The quantitative estimate of drug-likeness (QED) is 0.482. The molecule has 4 rings (SSSR count). The summed E-state index contributed by atoms with van der Waals surface area (Å²) in [4.78, 5) is 17.4. The highest BCUT2D eigenvalue weighted by molar-refractivity contribution is 6.19. The van der Waals surface area contributed by atoms with Crippen LogP contribution in [0.15, 0.2) is 53.5 Å². The van der Waals surface area contributed by atoms with Gasteiger partial charge in [-0.1, -0.05) is 30.3 Å². The molecule has 86 valence electrons. The van der Waals surface area contributed by atoms with E-state index in [9.17, 15) is 4.79 Å². The summed E-state index contributed by atoms with van der Waals surface area (Å²) in [7, 11) is 0. The van der Waals surface area contributed by atoms with Gasteiger partial charge < -0.3 is 9.97 Å². The molecule has 0 aliphatic heterocycles. The van der Waals surface area contributed by atoms with Crippen molar-refractivity contribution >= 4 is 32.6 Å². The fourth-order valence-electron chi connectivity index (χ4n) is 2.59. The number of benzene rings is 2. The van der Waals surface area contributed by atoms with Gasteiger partial charge in [0.15, 0.2) is 0 Å². The fourth-order valence-corrected chi connectivity index (χ4v) is 2.59. The van der Waals surface area contributed by atoms with E-state index in [0.29, 0.717) is 0 Å². The van der Waals surface area contributed by atoms with Crippen molar-refractivity contribution in [2.45, 2.75) is 0 Å². The zero-order chi connectivity index (χ0) is 12.1. The molecule has 3 nitrogen and oxygen atoms in total. The van der Waals surface area contributed by atoms with Gasteiger partial charge in [0.05, 0.1) is 5.52 Å². The molecule has 3 heteroatoms. The van der Waals surface area contributed by atoms with E-state index in [1.165, 1.54) is 16.2 Å². The first-order chi connectivity index (χ1) is 8.83. The lowest BCUT2D eigenvalue weighted by Crippen LogP contribution is -2.00. The summed E-state index contributed by atoms with van der Waals surface area (Å²) in [6.45, 7) is 0. The number of pyridine rings is 1. The summed E-state index contributed by atoms with van der Waals surface area (Å²) in [6, 6.07) is 14.0. The normalized spacial score (nSPS) is 11.6. The second-order valence-electron chi connectivity index (χ2n) is 4.46. The van der Waals surface area contributed by atoms with Crippen molar-refractivity contribution in [3.05, 3.63) is 59.0 Å². The Kier molecular flexibility index (Phi) is 1.70. The van der Waals surface area contributed by atoms with Crippen molar-refractivity contribution in [2.75, 3.05) is 0 Å². The fraction of sp³-hybridized carbons (Fsp3) is 0. The minimum atomic E-state index is -0.0849. The molecule has 0 atom stereocenters. The first kappa shape index (κ1) is 9.48. The second kappa shape index (κ2) is 3.23. The third-order valence-corrected chi connectivity index (χ3v) is 3.39. The van der Waals surface area contributed by atoms with Crippen LogP contribution in [0.4, 0.5) is 0 Å². The van der Waals surface area contributed by atoms with E-state index in [1.54, 1.807) is 12.3 Å². The minimum Gasteiger partial charge on any atom is -0.354 e. The van der Waals surface area contributed by atoms with E-state index in [2.05, 4.69) is 34.2 Å². The van der Waals surface area contributed by atoms with Gasteiger partial charge in [-0.15, -0.1) is 0 Å². The Morgan fingerprint density at radius 1 is 0.889 bits per heavy atom. The predicted octanol–water partition coefficient (Wildman–Crippen LogP) is 3.16. The largest absolute Gasteiger partial charge is 0.354 e. The molecule has 0 spiro atoms. The monoisotopic (exact) mass is 234 g/mol.